The molecular formula is C18H19FN2O4S. The number of nitrogens with zero attached hydrogens (tertiary/aromatic N) is 1. The van der Waals surface area contributed by atoms with Crippen molar-refractivity contribution in [2.75, 3.05) is 31.6 Å². The average molecular weight is 378 g/mol. The molecule has 1 N–H and O–H groups in total. The number of anilines is 1. The maximum atomic E-state index is 14.2. The van der Waals surface area contributed by atoms with E-state index in [-0.39, 0.29) is 32.0 Å². The Labute approximate surface area is 151 Å². The maximum absolute atomic E-state index is 14.2. The molecule has 0 aliphatic carbocycles. The first-order chi connectivity index (χ1) is 12.4. The Hall–Kier alpha value is -2.29. The molecule has 1 aliphatic heterocycles. The fraction of sp³-hybridized carbons (Fsp3) is 0.278. The van der Waals surface area contributed by atoms with E-state index in [0.29, 0.717) is 5.56 Å². The summed E-state index contributed by atoms with van der Waals surface area (Å²) in [6.45, 7) is 2.74. The van der Waals surface area contributed by atoms with Crippen LogP contribution >= 0.6 is 0 Å². The van der Waals surface area contributed by atoms with Crippen molar-refractivity contribution in [2.45, 2.75) is 11.8 Å². The van der Waals surface area contributed by atoms with E-state index in [1.54, 1.807) is 18.2 Å². The molecule has 0 saturated carbocycles. The van der Waals surface area contributed by atoms with E-state index in [1.807, 2.05) is 13.0 Å². The second-order valence-electron chi connectivity index (χ2n) is 5.99. The lowest BCUT2D eigenvalue weighted by Gasteiger charge is -2.26. The lowest BCUT2D eigenvalue weighted by atomic mass is 10.1. The molecule has 6 nitrogen and oxygen atoms in total. The largest absolute Gasteiger partial charge is 0.379 e. The molecule has 0 aromatic heterocycles. The number of carbonyl (C=O) groups is 1. The number of morpholine rings is 1. The van der Waals surface area contributed by atoms with Crippen molar-refractivity contribution in [1.82, 2.24) is 4.31 Å². The third kappa shape index (κ3) is 3.92. The summed E-state index contributed by atoms with van der Waals surface area (Å²) < 4.78 is 45.9. The van der Waals surface area contributed by atoms with Gasteiger partial charge in [-0.2, -0.15) is 4.31 Å². The molecule has 8 heteroatoms. The molecule has 26 heavy (non-hydrogen) atoms. The number of aryl methyl sites for hydroxylation is 1. The van der Waals surface area contributed by atoms with Crippen LogP contribution in [0, 0.1) is 12.7 Å². The Balaban J connectivity index is 1.86. The van der Waals surface area contributed by atoms with Crippen LogP contribution in [-0.2, 0) is 14.8 Å². The Kier molecular flexibility index (Phi) is 5.36. The molecule has 0 spiro atoms. The second kappa shape index (κ2) is 7.53. The number of nitrogens with one attached hydrogen (secondary N) is 1. The zero-order valence-corrected chi connectivity index (χ0v) is 15.1. The number of halogens is 1. The zero-order chi connectivity index (χ0) is 18.7. The van der Waals surface area contributed by atoms with E-state index in [2.05, 4.69) is 5.32 Å². The molecule has 1 heterocycles. The summed E-state index contributed by atoms with van der Waals surface area (Å²) in [7, 11) is -4.00. The maximum Gasteiger partial charge on any atom is 0.255 e. The normalized spacial score (nSPS) is 15.6. The summed E-state index contributed by atoms with van der Waals surface area (Å²) in [6.07, 6.45) is 0. The number of hydrogen-bond acceptors (Lipinski definition) is 4. The molecular weight excluding hydrogens is 359 g/mol. The summed E-state index contributed by atoms with van der Waals surface area (Å²) >= 11 is 0. The molecule has 0 unspecified atom stereocenters. The van der Waals surface area contributed by atoms with Crippen molar-refractivity contribution in [1.29, 1.82) is 0 Å². The van der Waals surface area contributed by atoms with Crippen LogP contribution in [0.1, 0.15) is 15.9 Å². The summed E-state index contributed by atoms with van der Waals surface area (Å²) in [6, 6.07) is 10.5. The number of sulfonamides is 1. The van der Waals surface area contributed by atoms with Gasteiger partial charge in [0.05, 0.1) is 13.2 Å². The highest BCUT2D eigenvalue weighted by atomic mass is 32.2. The van der Waals surface area contributed by atoms with Crippen LogP contribution in [0.15, 0.2) is 47.4 Å². The summed E-state index contributed by atoms with van der Waals surface area (Å²) in [5, 5.41) is 2.61. The predicted octanol–water partition coefficient (Wildman–Crippen LogP) is 2.41. The number of hydrogen-bond donors (Lipinski definition) is 1. The molecule has 1 saturated heterocycles. The highest BCUT2D eigenvalue weighted by Gasteiger charge is 2.29. The minimum atomic E-state index is -4.00. The molecule has 1 aliphatic rings. The summed E-state index contributed by atoms with van der Waals surface area (Å²) in [4.78, 5) is 11.9. The fourth-order valence-corrected chi connectivity index (χ4v) is 4.19. The molecule has 1 amide bonds. The average Bonchev–Trinajstić information content (AvgIpc) is 2.64. The first kappa shape index (κ1) is 18.5. The lowest BCUT2D eigenvalue weighted by Crippen LogP contribution is -2.40. The van der Waals surface area contributed by atoms with Crippen LogP contribution in [0.3, 0.4) is 0 Å². The molecule has 2 aromatic carbocycles. The number of benzene rings is 2. The van der Waals surface area contributed by atoms with E-state index in [9.17, 15) is 17.6 Å². The van der Waals surface area contributed by atoms with Crippen molar-refractivity contribution in [3.05, 3.63) is 59.4 Å². The van der Waals surface area contributed by atoms with Gasteiger partial charge in [-0.15, -0.1) is 0 Å². The van der Waals surface area contributed by atoms with Crippen LogP contribution < -0.4 is 5.32 Å². The molecule has 138 valence electrons. The van der Waals surface area contributed by atoms with E-state index in [0.717, 1.165) is 17.7 Å². The first-order valence-corrected chi connectivity index (χ1v) is 9.57. The standard InChI is InChI=1S/C18H19FN2O4S/c1-13-3-2-4-14(11-13)18(22)20-15-5-6-16(19)17(12-15)26(23,24)21-7-9-25-10-8-21/h2-6,11-12H,7-10H2,1H3,(H,20,22). The van der Waals surface area contributed by atoms with Gasteiger partial charge in [0.1, 0.15) is 10.7 Å². The van der Waals surface area contributed by atoms with Crippen molar-refractivity contribution < 1.29 is 22.3 Å². The van der Waals surface area contributed by atoms with Gasteiger partial charge in [0, 0.05) is 24.3 Å². The molecule has 0 atom stereocenters. The molecule has 0 bridgehead atoms. The van der Waals surface area contributed by atoms with Crippen LogP contribution in [0.4, 0.5) is 10.1 Å². The van der Waals surface area contributed by atoms with Crippen molar-refractivity contribution in [2.24, 2.45) is 0 Å². The third-order valence-electron chi connectivity index (χ3n) is 4.06. The Bertz CT molecular complexity index is 925. The number of amides is 1. The first-order valence-electron chi connectivity index (χ1n) is 8.13. The molecule has 3 rings (SSSR count). The third-order valence-corrected chi connectivity index (χ3v) is 5.97. The van der Waals surface area contributed by atoms with Gasteiger partial charge in [0.15, 0.2) is 0 Å². The van der Waals surface area contributed by atoms with Gasteiger partial charge < -0.3 is 10.1 Å². The van der Waals surface area contributed by atoms with Crippen molar-refractivity contribution in [3.8, 4) is 0 Å². The fourth-order valence-electron chi connectivity index (χ4n) is 2.69. The van der Waals surface area contributed by atoms with Gasteiger partial charge in [0.25, 0.3) is 5.91 Å². The van der Waals surface area contributed by atoms with Crippen LogP contribution in [0.2, 0.25) is 0 Å². The quantitative estimate of drug-likeness (QED) is 0.887. The Morgan fingerprint density at radius 1 is 1.15 bits per heavy atom. The Morgan fingerprint density at radius 3 is 2.58 bits per heavy atom. The zero-order valence-electron chi connectivity index (χ0n) is 14.2. The van der Waals surface area contributed by atoms with Crippen LogP contribution in [-0.4, -0.2) is 44.9 Å². The Morgan fingerprint density at radius 2 is 1.88 bits per heavy atom. The highest BCUT2D eigenvalue weighted by molar-refractivity contribution is 7.89. The smallest absolute Gasteiger partial charge is 0.255 e. The molecule has 0 radical (unpaired) electrons. The highest BCUT2D eigenvalue weighted by Crippen LogP contribution is 2.24. The van der Waals surface area contributed by atoms with E-state index in [4.69, 9.17) is 4.74 Å². The minimum Gasteiger partial charge on any atom is -0.379 e. The van der Waals surface area contributed by atoms with Gasteiger partial charge in [0.2, 0.25) is 10.0 Å². The summed E-state index contributed by atoms with van der Waals surface area (Å²) in [5.74, 6) is -1.25. The molecule has 1 fully saturated rings. The predicted molar refractivity (Wildman–Crippen MR) is 95.1 cm³/mol. The summed E-state index contributed by atoms with van der Waals surface area (Å²) in [5.41, 5.74) is 1.57. The number of ether oxygens (including phenoxy) is 1. The van der Waals surface area contributed by atoms with Crippen molar-refractivity contribution >= 4 is 21.6 Å². The minimum absolute atomic E-state index is 0.168. The monoisotopic (exact) mass is 378 g/mol. The lowest BCUT2D eigenvalue weighted by molar-refractivity contribution is 0.0729. The van der Waals surface area contributed by atoms with E-state index >= 15 is 0 Å². The van der Waals surface area contributed by atoms with Gasteiger partial charge in [-0.25, -0.2) is 12.8 Å². The number of rotatable bonds is 4. The topological polar surface area (TPSA) is 75.7 Å². The van der Waals surface area contributed by atoms with Gasteiger partial charge in [-0.3, -0.25) is 4.79 Å². The number of carbonyl (C=O) groups excluding carboxylic acids is 1. The molecule has 2 aromatic rings. The SMILES string of the molecule is Cc1cccc(C(=O)Nc2ccc(F)c(S(=O)(=O)N3CCOCC3)c2)c1. The van der Waals surface area contributed by atoms with E-state index in [1.165, 1.54) is 10.4 Å². The van der Waals surface area contributed by atoms with Crippen LogP contribution in [0.5, 0.6) is 0 Å². The van der Waals surface area contributed by atoms with Gasteiger partial charge >= 0.3 is 0 Å². The second-order valence-corrected chi connectivity index (χ2v) is 7.89. The van der Waals surface area contributed by atoms with Gasteiger partial charge in [-0.1, -0.05) is 17.7 Å². The van der Waals surface area contributed by atoms with Crippen LogP contribution in [0.25, 0.3) is 0 Å². The van der Waals surface area contributed by atoms with Gasteiger partial charge in [-0.05, 0) is 37.3 Å². The van der Waals surface area contributed by atoms with Crippen molar-refractivity contribution in [3.63, 3.8) is 0 Å². The van der Waals surface area contributed by atoms with E-state index < -0.39 is 26.6 Å².